The summed E-state index contributed by atoms with van der Waals surface area (Å²) in [4.78, 5) is 15.4. The highest BCUT2D eigenvalue weighted by atomic mass is 32.1. The average molecular weight is 309 g/mol. The predicted molar refractivity (Wildman–Crippen MR) is 82.3 cm³/mol. The van der Waals surface area contributed by atoms with Crippen LogP contribution in [0.25, 0.3) is 0 Å². The van der Waals surface area contributed by atoms with Crippen molar-refractivity contribution in [1.82, 2.24) is 4.90 Å². The zero-order valence-electron chi connectivity index (χ0n) is 12.5. The molecule has 1 aromatic heterocycles. The van der Waals surface area contributed by atoms with E-state index in [0.29, 0.717) is 13.0 Å². The van der Waals surface area contributed by atoms with E-state index in [-0.39, 0.29) is 23.5 Å². The van der Waals surface area contributed by atoms with Crippen LogP contribution in [0.1, 0.15) is 31.1 Å². The summed E-state index contributed by atoms with van der Waals surface area (Å²) in [5, 5.41) is 12.2. The molecule has 2 fully saturated rings. The molecule has 0 unspecified atom stereocenters. The van der Waals surface area contributed by atoms with Crippen molar-refractivity contribution in [2.75, 3.05) is 19.7 Å². The zero-order valence-corrected chi connectivity index (χ0v) is 13.3. The number of thiophene rings is 1. The normalized spacial score (nSPS) is 27.6. The Morgan fingerprint density at radius 1 is 1.52 bits per heavy atom. The second-order valence-electron chi connectivity index (χ2n) is 6.07. The van der Waals surface area contributed by atoms with Crippen molar-refractivity contribution >= 4 is 17.2 Å². The molecule has 3 rings (SSSR count). The number of amides is 1. The first-order valence-corrected chi connectivity index (χ1v) is 8.63. The van der Waals surface area contributed by atoms with E-state index in [1.165, 1.54) is 0 Å². The first-order valence-electron chi connectivity index (χ1n) is 7.75. The van der Waals surface area contributed by atoms with Crippen LogP contribution in [-0.4, -0.2) is 47.8 Å². The zero-order chi connectivity index (χ0) is 14.9. The second-order valence-corrected chi connectivity index (χ2v) is 7.10. The Hall–Kier alpha value is -0.910. The molecule has 1 spiro atoms. The maximum atomic E-state index is 12.3. The van der Waals surface area contributed by atoms with Gasteiger partial charge in [0.2, 0.25) is 5.91 Å². The van der Waals surface area contributed by atoms with E-state index in [1.54, 1.807) is 11.3 Å². The van der Waals surface area contributed by atoms with E-state index >= 15 is 0 Å². The molecule has 1 aromatic rings. The molecule has 21 heavy (non-hydrogen) atoms. The summed E-state index contributed by atoms with van der Waals surface area (Å²) in [6, 6.07) is 3.99. The monoisotopic (exact) mass is 309 g/mol. The van der Waals surface area contributed by atoms with E-state index in [2.05, 4.69) is 0 Å². The minimum Gasteiger partial charge on any atom is -0.392 e. The molecule has 1 amide bonds. The molecule has 5 heteroatoms. The molecule has 1 aliphatic heterocycles. The lowest BCUT2D eigenvalue weighted by atomic mass is 9.58. The number of rotatable bonds is 4. The summed E-state index contributed by atoms with van der Waals surface area (Å²) in [5.41, 5.74) is -0.101. The molecular weight excluding hydrogens is 286 g/mol. The molecular formula is C16H23NO3S. The third kappa shape index (κ3) is 2.74. The second kappa shape index (κ2) is 6.07. The van der Waals surface area contributed by atoms with Gasteiger partial charge in [-0.05, 0) is 31.2 Å². The summed E-state index contributed by atoms with van der Waals surface area (Å²) in [6.07, 6.45) is 2.87. The van der Waals surface area contributed by atoms with Crippen molar-refractivity contribution in [1.29, 1.82) is 0 Å². The standard InChI is InChI=1S/C16H23NO3S/c1-2-20-14-11-13(18)16(14)5-7-17(8-6-16)15(19)10-12-4-3-9-21-12/h3-4,9,13-14,18H,2,5-8,10-11H2,1H3/t13-,14-/m1/s1. The minimum absolute atomic E-state index is 0.101. The number of hydrogen-bond acceptors (Lipinski definition) is 4. The molecule has 1 aliphatic carbocycles. The quantitative estimate of drug-likeness (QED) is 0.926. The van der Waals surface area contributed by atoms with Gasteiger partial charge in [0.15, 0.2) is 0 Å². The topological polar surface area (TPSA) is 49.8 Å². The van der Waals surface area contributed by atoms with Crippen LogP contribution >= 0.6 is 11.3 Å². The largest absolute Gasteiger partial charge is 0.392 e. The van der Waals surface area contributed by atoms with Gasteiger partial charge in [-0.1, -0.05) is 6.07 Å². The number of carbonyl (C=O) groups excluding carboxylic acids is 1. The number of aliphatic hydroxyl groups excluding tert-OH is 1. The molecule has 2 atom stereocenters. The molecule has 2 heterocycles. The summed E-state index contributed by atoms with van der Waals surface area (Å²) in [6.45, 7) is 4.17. The van der Waals surface area contributed by atoms with Crippen LogP contribution < -0.4 is 0 Å². The van der Waals surface area contributed by atoms with Gasteiger partial charge in [-0.3, -0.25) is 4.79 Å². The van der Waals surface area contributed by atoms with E-state index in [9.17, 15) is 9.90 Å². The first kappa shape index (κ1) is 15.0. The summed E-state index contributed by atoms with van der Waals surface area (Å²) in [5.74, 6) is 0.203. The molecule has 0 bridgehead atoms. The van der Waals surface area contributed by atoms with Crippen LogP contribution in [-0.2, 0) is 16.0 Å². The number of nitrogens with zero attached hydrogens (tertiary/aromatic N) is 1. The van der Waals surface area contributed by atoms with Crippen LogP contribution in [0.5, 0.6) is 0 Å². The fraction of sp³-hybridized carbons (Fsp3) is 0.688. The van der Waals surface area contributed by atoms with Gasteiger partial charge < -0.3 is 14.7 Å². The predicted octanol–water partition coefficient (Wildman–Crippen LogP) is 2.07. The summed E-state index contributed by atoms with van der Waals surface area (Å²) >= 11 is 1.63. The van der Waals surface area contributed by atoms with Crippen LogP contribution in [0.3, 0.4) is 0 Å². The van der Waals surface area contributed by atoms with Crippen molar-refractivity contribution < 1.29 is 14.6 Å². The van der Waals surface area contributed by atoms with Crippen molar-refractivity contribution in [3.05, 3.63) is 22.4 Å². The first-order chi connectivity index (χ1) is 10.2. The molecule has 1 saturated heterocycles. The van der Waals surface area contributed by atoms with Crippen molar-refractivity contribution in [2.24, 2.45) is 5.41 Å². The summed E-state index contributed by atoms with van der Waals surface area (Å²) in [7, 11) is 0. The highest BCUT2D eigenvalue weighted by molar-refractivity contribution is 7.10. The van der Waals surface area contributed by atoms with Gasteiger partial charge in [-0.15, -0.1) is 11.3 Å². The Labute approximate surface area is 129 Å². The van der Waals surface area contributed by atoms with Crippen LogP contribution in [0.4, 0.5) is 0 Å². The fourth-order valence-corrected chi connectivity index (χ4v) is 4.36. The molecule has 0 aromatic carbocycles. The molecule has 2 aliphatic rings. The van der Waals surface area contributed by atoms with Crippen molar-refractivity contribution in [2.45, 2.75) is 44.8 Å². The average Bonchev–Trinajstić information content (AvgIpc) is 3.00. The maximum Gasteiger partial charge on any atom is 0.227 e. The third-order valence-electron chi connectivity index (χ3n) is 5.06. The summed E-state index contributed by atoms with van der Waals surface area (Å²) < 4.78 is 5.76. The number of piperidine rings is 1. The van der Waals surface area contributed by atoms with Gasteiger partial charge in [0, 0.05) is 36.4 Å². The lowest BCUT2D eigenvalue weighted by Gasteiger charge is -2.56. The van der Waals surface area contributed by atoms with Gasteiger partial charge in [-0.25, -0.2) is 0 Å². The number of likely N-dealkylation sites (tertiary alicyclic amines) is 1. The Morgan fingerprint density at radius 3 is 2.86 bits per heavy atom. The van der Waals surface area contributed by atoms with Gasteiger partial charge in [0.25, 0.3) is 0 Å². The van der Waals surface area contributed by atoms with E-state index in [1.807, 2.05) is 29.3 Å². The fourth-order valence-electron chi connectivity index (χ4n) is 3.66. The van der Waals surface area contributed by atoms with E-state index in [0.717, 1.165) is 37.2 Å². The van der Waals surface area contributed by atoms with E-state index in [4.69, 9.17) is 4.74 Å². The minimum atomic E-state index is -0.261. The Bertz CT molecular complexity index is 478. The Morgan fingerprint density at radius 2 is 2.29 bits per heavy atom. The van der Waals surface area contributed by atoms with Crippen molar-refractivity contribution in [3.63, 3.8) is 0 Å². The molecule has 0 radical (unpaired) electrons. The lowest BCUT2D eigenvalue weighted by Crippen LogP contribution is -2.62. The van der Waals surface area contributed by atoms with Crippen LogP contribution in [0.15, 0.2) is 17.5 Å². The highest BCUT2D eigenvalue weighted by Gasteiger charge is 2.56. The maximum absolute atomic E-state index is 12.3. The van der Waals surface area contributed by atoms with Gasteiger partial charge in [0.05, 0.1) is 18.6 Å². The van der Waals surface area contributed by atoms with Gasteiger partial charge in [-0.2, -0.15) is 0 Å². The molecule has 4 nitrogen and oxygen atoms in total. The lowest BCUT2D eigenvalue weighted by molar-refractivity contribution is -0.210. The SMILES string of the molecule is CCO[C@@H]1C[C@@H](O)C12CCN(C(=O)Cc1cccs1)CC2. The number of aliphatic hydroxyl groups is 1. The third-order valence-corrected chi connectivity index (χ3v) is 5.94. The molecule has 116 valence electrons. The number of hydrogen-bond donors (Lipinski definition) is 1. The Balaban J connectivity index is 1.56. The number of carbonyl (C=O) groups is 1. The number of ether oxygens (including phenoxy) is 1. The van der Waals surface area contributed by atoms with E-state index < -0.39 is 0 Å². The van der Waals surface area contributed by atoms with Crippen LogP contribution in [0, 0.1) is 5.41 Å². The van der Waals surface area contributed by atoms with Gasteiger partial charge in [0.1, 0.15) is 0 Å². The molecule has 1 saturated carbocycles. The molecule has 1 N–H and O–H groups in total. The van der Waals surface area contributed by atoms with Crippen LogP contribution in [0.2, 0.25) is 0 Å². The Kier molecular flexibility index (Phi) is 4.33. The smallest absolute Gasteiger partial charge is 0.227 e. The van der Waals surface area contributed by atoms with Gasteiger partial charge >= 0.3 is 0 Å². The highest BCUT2D eigenvalue weighted by Crippen LogP contribution is 2.50. The van der Waals surface area contributed by atoms with Crippen molar-refractivity contribution in [3.8, 4) is 0 Å².